The van der Waals surface area contributed by atoms with Gasteiger partial charge in [0.25, 0.3) is 0 Å². The molecule has 1 aromatic carbocycles. The fraction of sp³-hybridized carbons (Fsp3) is 0.480. The third kappa shape index (κ3) is 9.16. The number of carbonyl (C=O) groups excluding carboxylic acids is 4. The van der Waals surface area contributed by atoms with Crippen LogP contribution in [0.25, 0.3) is 10.9 Å². The molecule has 13 nitrogen and oxygen atoms in total. The van der Waals surface area contributed by atoms with Crippen molar-refractivity contribution >= 4 is 40.5 Å². The number of para-hydroxylation sites is 1. The lowest BCUT2D eigenvalue weighted by molar-refractivity contribution is -0.142. The number of amides is 4. The Bertz CT molecular complexity index is 1130. The number of rotatable bonds is 15. The molecule has 0 saturated carbocycles. The van der Waals surface area contributed by atoms with Crippen molar-refractivity contribution in [2.75, 3.05) is 13.1 Å². The summed E-state index contributed by atoms with van der Waals surface area (Å²) in [6, 6.07) is 3.44. The lowest BCUT2D eigenvalue weighted by atomic mass is 10.0. The fourth-order valence-corrected chi connectivity index (χ4v) is 3.72. The van der Waals surface area contributed by atoms with Crippen molar-refractivity contribution in [1.82, 2.24) is 26.3 Å². The minimum atomic E-state index is -1.19. The Hall–Kier alpha value is -3.97. The number of fused-ring (bicyclic) bond motifs is 1. The molecule has 0 radical (unpaired) electrons. The Morgan fingerprint density at radius 3 is 2.32 bits per heavy atom. The Kier molecular flexibility index (Phi) is 11.7. The van der Waals surface area contributed by atoms with Crippen molar-refractivity contribution < 1.29 is 29.1 Å². The van der Waals surface area contributed by atoms with Crippen molar-refractivity contribution in [3.8, 4) is 0 Å². The molecule has 208 valence electrons. The number of benzene rings is 1. The van der Waals surface area contributed by atoms with Gasteiger partial charge in [-0.3, -0.25) is 19.2 Å². The monoisotopic (exact) mass is 531 g/mol. The van der Waals surface area contributed by atoms with E-state index in [4.69, 9.17) is 11.5 Å². The maximum absolute atomic E-state index is 13.1. The number of aliphatic carboxylic acids is 1. The van der Waals surface area contributed by atoms with E-state index in [0.29, 0.717) is 19.4 Å². The van der Waals surface area contributed by atoms with E-state index in [1.54, 1.807) is 6.20 Å². The first-order chi connectivity index (χ1) is 18.0. The first-order valence-corrected chi connectivity index (χ1v) is 12.4. The van der Waals surface area contributed by atoms with Gasteiger partial charge in [-0.15, -0.1) is 0 Å². The lowest BCUT2D eigenvalue weighted by Gasteiger charge is -2.22. The zero-order valence-electron chi connectivity index (χ0n) is 21.6. The van der Waals surface area contributed by atoms with E-state index in [2.05, 4.69) is 26.3 Å². The second-order valence-electron chi connectivity index (χ2n) is 9.10. The van der Waals surface area contributed by atoms with E-state index in [1.165, 1.54) is 13.8 Å². The molecule has 0 aliphatic carbocycles. The summed E-state index contributed by atoms with van der Waals surface area (Å²) in [5.41, 5.74) is 12.6. The molecule has 1 heterocycles. The zero-order valence-corrected chi connectivity index (χ0v) is 21.6. The summed E-state index contributed by atoms with van der Waals surface area (Å²) >= 11 is 0. The Labute approximate surface area is 220 Å². The average Bonchev–Trinajstić information content (AvgIpc) is 3.28. The highest BCUT2D eigenvalue weighted by atomic mass is 16.4. The van der Waals surface area contributed by atoms with Gasteiger partial charge in [0.15, 0.2) is 0 Å². The number of carbonyl (C=O) groups is 5. The molecule has 0 unspecified atom stereocenters. The van der Waals surface area contributed by atoms with Crippen LogP contribution in [0, 0.1) is 0 Å². The predicted octanol–water partition coefficient (Wildman–Crippen LogP) is -1.14. The van der Waals surface area contributed by atoms with Crippen LogP contribution in [0.2, 0.25) is 0 Å². The van der Waals surface area contributed by atoms with E-state index in [9.17, 15) is 29.1 Å². The second-order valence-corrected chi connectivity index (χ2v) is 9.10. The molecule has 38 heavy (non-hydrogen) atoms. The normalized spacial score (nSPS) is 14.1. The third-order valence-electron chi connectivity index (χ3n) is 5.90. The number of unbranched alkanes of at least 4 members (excludes halogenated alkanes) is 1. The highest BCUT2D eigenvalue weighted by Gasteiger charge is 2.27. The van der Waals surface area contributed by atoms with Crippen LogP contribution in [-0.4, -0.2) is 76.9 Å². The number of aromatic amines is 1. The molecule has 0 bridgehead atoms. The Morgan fingerprint density at radius 2 is 1.66 bits per heavy atom. The summed E-state index contributed by atoms with van der Waals surface area (Å²) in [5.74, 6) is -3.67. The van der Waals surface area contributed by atoms with Crippen LogP contribution >= 0.6 is 0 Å². The molecule has 2 aromatic rings. The average molecular weight is 532 g/mol. The van der Waals surface area contributed by atoms with Crippen LogP contribution in [0.15, 0.2) is 30.5 Å². The van der Waals surface area contributed by atoms with Gasteiger partial charge < -0.3 is 42.8 Å². The first kappa shape index (κ1) is 30.3. The number of carboxylic acids is 1. The van der Waals surface area contributed by atoms with E-state index in [1.807, 2.05) is 24.3 Å². The smallest absolute Gasteiger partial charge is 0.326 e. The number of aromatic nitrogens is 1. The SMILES string of the molecule is C[C@H](N)C(=O)N[C@@H](C)C(=O)N[C@@H](Cc1c[nH]c2ccccc12)C(=O)NCC(=O)N[C@@H](CCCCN)C(=O)O. The van der Waals surface area contributed by atoms with Gasteiger partial charge in [-0.25, -0.2) is 4.79 Å². The summed E-state index contributed by atoms with van der Waals surface area (Å²) < 4.78 is 0. The molecule has 0 saturated heterocycles. The van der Waals surface area contributed by atoms with Crippen molar-refractivity contribution in [2.45, 2.75) is 63.7 Å². The molecule has 0 fully saturated rings. The molecule has 1 aromatic heterocycles. The van der Waals surface area contributed by atoms with Gasteiger partial charge >= 0.3 is 5.97 Å². The van der Waals surface area contributed by atoms with Gasteiger partial charge in [0.05, 0.1) is 12.6 Å². The van der Waals surface area contributed by atoms with Crippen molar-refractivity contribution in [3.63, 3.8) is 0 Å². The third-order valence-corrected chi connectivity index (χ3v) is 5.90. The summed E-state index contributed by atoms with van der Waals surface area (Å²) in [6.45, 7) is 2.86. The standard InChI is InChI=1S/C25H37N7O6/c1-14(27)22(34)30-15(2)23(35)32-20(11-16-12-28-18-8-4-3-7-17(16)18)24(36)29-13-21(33)31-19(25(37)38)9-5-6-10-26/h3-4,7-8,12,14-15,19-20,28H,5-6,9-11,13,26-27H2,1-2H3,(H,29,36)(H,30,34)(H,31,33)(H,32,35)(H,37,38)/t14-,15-,19-,20-/m0/s1. The summed E-state index contributed by atoms with van der Waals surface area (Å²) in [7, 11) is 0. The van der Waals surface area contributed by atoms with Gasteiger partial charge in [-0.1, -0.05) is 18.2 Å². The molecule has 4 atom stereocenters. The molecule has 0 spiro atoms. The molecular weight excluding hydrogens is 494 g/mol. The molecule has 4 amide bonds. The maximum Gasteiger partial charge on any atom is 0.326 e. The molecule has 13 heteroatoms. The number of hydrogen-bond acceptors (Lipinski definition) is 7. The number of nitrogens with one attached hydrogen (secondary N) is 5. The second kappa shape index (κ2) is 14.7. The van der Waals surface area contributed by atoms with Crippen LogP contribution in [0.1, 0.15) is 38.7 Å². The Balaban J connectivity index is 2.10. The van der Waals surface area contributed by atoms with E-state index in [0.717, 1.165) is 16.5 Å². The first-order valence-electron chi connectivity index (χ1n) is 12.4. The van der Waals surface area contributed by atoms with E-state index < -0.39 is 60.3 Å². The van der Waals surface area contributed by atoms with Crippen LogP contribution in [0.3, 0.4) is 0 Å². The topological polar surface area (TPSA) is 222 Å². The molecule has 0 aliphatic heterocycles. The molecule has 2 rings (SSSR count). The van der Waals surface area contributed by atoms with Gasteiger partial charge in [0.1, 0.15) is 18.1 Å². The zero-order chi connectivity index (χ0) is 28.2. The highest BCUT2D eigenvalue weighted by Crippen LogP contribution is 2.19. The Morgan fingerprint density at radius 1 is 0.947 bits per heavy atom. The molecule has 10 N–H and O–H groups in total. The largest absolute Gasteiger partial charge is 0.480 e. The predicted molar refractivity (Wildman–Crippen MR) is 141 cm³/mol. The van der Waals surface area contributed by atoms with Gasteiger partial charge in [-0.2, -0.15) is 0 Å². The van der Waals surface area contributed by atoms with Crippen molar-refractivity contribution in [1.29, 1.82) is 0 Å². The van der Waals surface area contributed by atoms with Crippen molar-refractivity contribution in [2.24, 2.45) is 11.5 Å². The van der Waals surface area contributed by atoms with Gasteiger partial charge in [-0.05, 0) is 51.3 Å². The fourth-order valence-electron chi connectivity index (χ4n) is 3.72. The highest BCUT2D eigenvalue weighted by molar-refractivity contribution is 5.95. The maximum atomic E-state index is 13.1. The minimum Gasteiger partial charge on any atom is -0.480 e. The molecular formula is C25H37N7O6. The van der Waals surface area contributed by atoms with Crippen LogP contribution in [-0.2, 0) is 30.4 Å². The van der Waals surface area contributed by atoms with Gasteiger partial charge in [0.2, 0.25) is 23.6 Å². The number of carboxylic acid groups (broad SMARTS) is 1. The number of nitrogens with two attached hydrogens (primary N) is 2. The molecule has 0 aliphatic rings. The van der Waals surface area contributed by atoms with Crippen LogP contribution in [0.5, 0.6) is 0 Å². The van der Waals surface area contributed by atoms with Crippen LogP contribution in [0.4, 0.5) is 0 Å². The minimum absolute atomic E-state index is 0.0913. The van der Waals surface area contributed by atoms with E-state index in [-0.39, 0.29) is 12.8 Å². The summed E-state index contributed by atoms with van der Waals surface area (Å²) in [5, 5.41) is 20.1. The van der Waals surface area contributed by atoms with Gasteiger partial charge in [0, 0.05) is 23.5 Å². The van der Waals surface area contributed by atoms with Crippen LogP contribution < -0.4 is 32.7 Å². The quantitative estimate of drug-likeness (QED) is 0.131. The number of hydrogen-bond donors (Lipinski definition) is 8. The van der Waals surface area contributed by atoms with Crippen molar-refractivity contribution in [3.05, 3.63) is 36.0 Å². The lowest BCUT2D eigenvalue weighted by Crippen LogP contribution is -2.56. The number of H-pyrrole nitrogens is 1. The van der Waals surface area contributed by atoms with E-state index >= 15 is 0 Å². The summed E-state index contributed by atoms with van der Waals surface area (Å²) in [6.07, 6.45) is 3.17. The summed E-state index contributed by atoms with van der Waals surface area (Å²) in [4.78, 5) is 64.7.